The summed E-state index contributed by atoms with van der Waals surface area (Å²) in [6, 6.07) is 7.25. The van der Waals surface area contributed by atoms with Crippen LogP contribution in [0.4, 0.5) is 5.82 Å². The van der Waals surface area contributed by atoms with Crippen molar-refractivity contribution in [3.8, 4) is 17.3 Å². The maximum absolute atomic E-state index is 10.9. The molecule has 1 aliphatic heterocycles. The molecule has 4 aromatic heterocycles. The summed E-state index contributed by atoms with van der Waals surface area (Å²) in [4.78, 5) is 17.4. The van der Waals surface area contributed by atoms with Gasteiger partial charge in [-0.15, -0.1) is 10.8 Å². The van der Waals surface area contributed by atoms with Crippen molar-refractivity contribution >= 4 is 27.5 Å². The number of nitrogens with one attached hydrogen (secondary N) is 1. The van der Waals surface area contributed by atoms with Crippen LogP contribution in [0, 0.1) is 0 Å². The predicted octanol–water partition coefficient (Wildman–Crippen LogP) is 3.37. The largest absolute Gasteiger partial charge is 0.504 e. The van der Waals surface area contributed by atoms with Crippen LogP contribution in [-0.4, -0.2) is 56.6 Å². The first kappa shape index (κ1) is 19.7. The molecule has 160 valence electrons. The van der Waals surface area contributed by atoms with Crippen molar-refractivity contribution in [2.75, 3.05) is 16.6 Å². The van der Waals surface area contributed by atoms with Crippen LogP contribution >= 0.6 is 10.8 Å². The number of H-pyrrole nitrogens is 1. The summed E-state index contributed by atoms with van der Waals surface area (Å²) in [7, 11) is -3.01. The van der Waals surface area contributed by atoms with Crippen molar-refractivity contribution in [1.82, 2.24) is 30.1 Å². The lowest BCUT2D eigenvalue weighted by Crippen LogP contribution is -2.35. The van der Waals surface area contributed by atoms with Crippen LogP contribution in [0.25, 0.3) is 22.4 Å². The van der Waals surface area contributed by atoms with Gasteiger partial charge in [-0.3, -0.25) is 28.5 Å². The Hall–Kier alpha value is -3.28. The van der Waals surface area contributed by atoms with E-state index < -0.39 is 10.8 Å². The van der Waals surface area contributed by atoms with Gasteiger partial charge in [0.05, 0.1) is 5.75 Å². The van der Waals surface area contributed by atoms with Crippen molar-refractivity contribution in [3.05, 3.63) is 54.2 Å². The molecule has 11 heteroatoms. The first-order valence-corrected chi connectivity index (χ1v) is 11.5. The number of aromatic nitrogens is 6. The van der Waals surface area contributed by atoms with E-state index >= 15 is 0 Å². The highest BCUT2D eigenvalue weighted by atomic mass is 32.3. The number of fused-ring (bicyclic) bond motifs is 1. The minimum atomic E-state index is -3.01. The molecule has 4 N–H and O–H groups in total. The highest BCUT2D eigenvalue weighted by Crippen LogP contribution is 2.51. The SMILES string of the molecule is Oc1c(-c2n[nH]c(Cc3ccncc3)n2)nc(N2CCCCS2(O)O)c2cccnc12. The first-order chi connectivity index (χ1) is 15.0. The van der Waals surface area contributed by atoms with Crippen LogP contribution in [0.2, 0.25) is 0 Å². The van der Waals surface area contributed by atoms with Gasteiger partial charge in [0.2, 0.25) is 5.82 Å². The number of aromatic amines is 1. The summed E-state index contributed by atoms with van der Waals surface area (Å²) >= 11 is 0. The molecule has 0 bridgehead atoms. The van der Waals surface area contributed by atoms with E-state index in [4.69, 9.17) is 0 Å². The Kier molecular flexibility index (Phi) is 4.93. The Morgan fingerprint density at radius 1 is 1.06 bits per heavy atom. The van der Waals surface area contributed by atoms with E-state index in [-0.39, 0.29) is 23.0 Å². The number of rotatable bonds is 4. The molecular weight excluding hydrogens is 418 g/mol. The van der Waals surface area contributed by atoms with E-state index in [0.29, 0.717) is 35.5 Å². The molecule has 1 fully saturated rings. The number of hydrogen-bond acceptors (Lipinski definition) is 9. The van der Waals surface area contributed by atoms with Gasteiger partial charge in [0.1, 0.15) is 11.3 Å². The first-order valence-electron chi connectivity index (χ1n) is 9.85. The highest BCUT2D eigenvalue weighted by Gasteiger charge is 2.31. The molecule has 1 saturated heterocycles. The van der Waals surface area contributed by atoms with Crippen LogP contribution in [-0.2, 0) is 6.42 Å². The fourth-order valence-electron chi connectivity index (χ4n) is 3.68. The molecule has 0 atom stereocenters. The van der Waals surface area contributed by atoms with E-state index in [1.807, 2.05) is 12.1 Å². The normalized spacial score (nSPS) is 17.0. The maximum atomic E-state index is 10.9. The zero-order valence-corrected chi connectivity index (χ0v) is 17.3. The van der Waals surface area contributed by atoms with Gasteiger partial charge in [0.15, 0.2) is 17.3 Å². The molecule has 31 heavy (non-hydrogen) atoms. The lowest BCUT2D eigenvalue weighted by Gasteiger charge is -2.47. The van der Waals surface area contributed by atoms with Gasteiger partial charge in [0.25, 0.3) is 0 Å². The Morgan fingerprint density at radius 3 is 2.71 bits per heavy atom. The summed E-state index contributed by atoms with van der Waals surface area (Å²) in [5, 5.41) is 18.5. The van der Waals surface area contributed by atoms with Crippen molar-refractivity contribution in [2.24, 2.45) is 0 Å². The molecule has 4 aromatic rings. The Morgan fingerprint density at radius 2 is 1.90 bits per heavy atom. The number of aromatic hydroxyl groups is 1. The lowest BCUT2D eigenvalue weighted by atomic mass is 10.2. The van der Waals surface area contributed by atoms with E-state index in [2.05, 4.69) is 30.1 Å². The van der Waals surface area contributed by atoms with Crippen LogP contribution in [0.5, 0.6) is 5.75 Å². The number of pyridine rings is 3. The molecule has 0 spiro atoms. The van der Waals surface area contributed by atoms with Crippen LogP contribution in [0.1, 0.15) is 24.2 Å². The standard InChI is InChI=1S/C20H21N7O3S/c28-18-16-14(4-3-7-22-16)20(27-10-1-2-11-31(27,29)30)24-17(18)19-23-15(25-26-19)12-13-5-8-21-9-6-13/h3-9,28-30H,1-2,10-12H2,(H,23,25,26). The zero-order valence-electron chi connectivity index (χ0n) is 16.5. The third-order valence-corrected chi connectivity index (χ3v) is 7.10. The van der Waals surface area contributed by atoms with Gasteiger partial charge in [-0.2, -0.15) is 5.10 Å². The number of anilines is 1. The molecule has 1 aliphatic rings. The molecule has 0 amide bonds. The fraction of sp³-hybridized carbons (Fsp3) is 0.250. The van der Waals surface area contributed by atoms with E-state index in [1.165, 1.54) is 4.31 Å². The molecule has 0 aromatic carbocycles. The Balaban J connectivity index is 1.61. The minimum absolute atomic E-state index is 0.138. The van der Waals surface area contributed by atoms with Crippen molar-refractivity contribution in [1.29, 1.82) is 0 Å². The summed E-state index contributed by atoms with van der Waals surface area (Å²) in [6.07, 6.45) is 7.04. The molecule has 0 unspecified atom stereocenters. The highest BCUT2D eigenvalue weighted by molar-refractivity contribution is 8.25. The van der Waals surface area contributed by atoms with Crippen molar-refractivity contribution < 1.29 is 14.2 Å². The summed E-state index contributed by atoms with van der Waals surface area (Å²) in [5.74, 6) is 1.30. The van der Waals surface area contributed by atoms with Gasteiger partial charge in [0, 0.05) is 36.9 Å². The monoisotopic (exact) mass is 439 g/mol. The van der Waals surface area contributed by atoms with Gasteiger partial charge < -0.3 is 5.11 Å². The zero-order chi connectivity index (χ0) is 21.4. The van der Waals surface area contributed by atoms with Gasteiger partial charge in [-0.25, -0.2) is 9.97 Å². The van der Waals surface area contributed by atoms with E-state index in [9.17, 15) is 14.2 Å². The topological polar surface area (TPSA) is 144 Å². The molecular formula is C20H21N7O3S. The molecule has 10 nitrogen and oxygen atoms in total. The van der Waals surface area contributed by atoms with E-state index in [1.54, 1.807) is 30.7 Å². The average Bonchev–Trinajstić information content (AvgIpc) is 3.23. The third kappa shape index (κ3) is 3.67. The van der Waals surface area contributed by atoms with Crippen molar-refractivity contribution in [3.63, 3.8) is 0 Å². The van der Waals surface area contributed by atoms with Gasteiger partial charge >= 0.3 is 0 Å². The second-order valence-electron chi connectivity index (χ2n) is 7.32. The van der Waals surface area contributed by atoms with Gasteiger partial charge in [-0.1, -0.05) is 0 Å². The van der Waals surface area contributed by atoms with Crippen LogP contribution in [0.15, 0.2) is 42.9 Å². The van der Waals surface area contributed by atoms with Gasteiger partial charge in [-0.05, 0) is 42.7 Å². The number of hydrogen-bond donors (Lipinski definition) is 4. The summed E-state index contributed by atoms with van der Waals surface area (Å²) in [5.41, 5.74) is 1.46. The molecule has 5 rings (SSSR count). The quantitative estimate of drug-likeness (QED) is 0.376. The third-order valence-electron chi connectivity index (χ3n) is 5.20. The molecule has 0 saturated carbocycles. The maximum Gasteiger partial charge on any atom is 0.203 e. The Bertz CT molecular complexity index is 1230. The lowest BCUT2D eigenvalue weighted by molar-refractivity contribution is 0.466. The molecule has 5 heterocycles. The minimum Gasteiger partial charge on any atom is -0.504 e. The average molecular weight is 440 g/mol. The summed E-state index contributed by atoms with van der Waals surface area (Å²) in [6.45, 7) is 0.449. The van der Waals surface area contributed by atoms with Crippen molar-refractivity contribution in [2.45, 2.75) is 19.3 Å². The second-order valence-corrected chi connectivity index (χ2v) is 9.43. The predicted molar refractivity (Wildman–Crippen MR) is 118 cm³/mol. The molecule has 0 radical (unpaired) electrons. The van der Waals surface area contributed by atoms with Crippen LogP contribution in [0.3, 0.4) is 0 Å². The fourth-order valence-corrected chi connectivity index (χ4v) is 5.33. The Labute approximate surface area is 179 Å². The molecule has 0 aliphatic carbocycles. The van der Waals surface area contributed by atoms with E-state index in [0.717, 1.165) is 18.4 Å². The number of nitrogens with zero attached hydrogens (tertiary/aromatic N) is 6. The summed E-state index contributed by atoms with van der Waals surface area (Å²) < 4.78 is 22.8. The second kappa shape index (κ2) is 7.76. The smallest absolute Gasteiger partial charge is 0.203 e. The van der Waals surface area contributed by atoms with Crippen LogP contribution < -0.4 is 4.31 Å².